The highest BCUT2D eigenvalue weighted by molar-refractivity contribution is 5.42. The summed E-state index contributed by atoms with van der Waals surface area (Å²) in [4.78, 5) is 9.83. The number of benzene rings is 1. The van der Waals surface area contributed by atoms with Gasteiger partial charge in [0.1, 0.15) is 0 Å². The van der Waals surface area contributed by atoms with Gasteiger partial charge in [0.2, 0.25) is 0 Å². The number of aryl methyl sites for hydroxylation is 1. The minimum atomic E-state index is 0.527. The molecule has 14 heavy (non-hydrogen) atoms. The SMILES string of the molecule is CCCc1ccc(ON)c(ONC)c1. The van der Waals surface area contributed by atoms with Crippen LogP contribution in [0.1, 0.15) is 18.9 Å². The van der Waals surface area contributed by atoms with E-state index in [4.69, 9.17) is 10.7 Å². The van der Waals surface area contributed by atoms with Crippen LogP contribution in [0.4, 0.5) is 0 Å². The molecular weight excluding hydrogens is 180 g/mol. The zero-order valence-electron chi connectivity index (χ0n) is 8.54. The van der Waals surface area contributed by atoms with E-state index in [1.807, 2.05) is 12.1 Å². The average Bonchev–Trinajstić information content (AvgIpc) is 2.19. The van der Waals surface area contributed by atoms with Gasteiger partial charge >= 0.3 is 0 Å². The summed E-state index contributed by atoms with van der Waals surface area (Å²) >= 11 is 0. The molecule has 0 aliphatic carbocycles. The molecule has 4 heteroatoms. The second kappa shape index (κ2) is 5.47. The Labute approximate surface area is 83.9 Å². The lowest BCUT2D eigenvalue weighted by Gasteiger charge is -2.09. The third-order valence-corrected chi connectivity index (χ3v) is 1.89. The molecule has 0 aromatic heterocycles. The van der Waals surface area contributed by atoms with E-state index >= 15 is 0 Å². The molecule has 0 bridgehead atoms. The van der Waals surface area contributed by atoms with Gasteiger partial charge < -0.3 is 9.68 Å². The van der Waals surface area contributed by atoms with Crippen molar-refractivity contribution >= 4 is 0 Å². The van der Waals surface area contributed by atoms with Gasteiger partial charge in [0, 0.05) is 7.05 Å². The van der Waals surface area contributed by atoms with Gasteiger partial charge in [0.15, 0.2) is 11.5 Å². The smallest absolute Gasteiger partial charge is 0.191 e. The number of nitrogens with one attached hydrogen (secondary N) is 1. The first-order chi connectivity index (χ1) is 6.81. The van der Waals surface area contributed by atoms with Crippen LogP contribution in [0.5, 0.6) is 11.5 Å². The third kappa shape index (κ3) is 2.61. The molecule has 0 radical (unpaired) electrons. The van der Waals surface area contributed by atoms with Crippen LogP contribution >= 0.6 is 0 Å². The van der Waals surface area contributed by atoms with Gasteiger partial charge in [-0.05, 0) is 24.1 Å². The summed E-state index contributed by atoms with van der Waals surface area (Å²) in [6.45, 7) is 2.13. The Morgan fingerprint density at radius 1 is 1.36 bits per heavy atom. The Morgan fingerprint density at radius 2 is 2.14 bits per heavy atom. The van der Waals surface area contributed by atoms with E-state index in [0.717, 1.165) is 12.8 Å². The zero-order chi connectivity index (χ0) is 10.4. The number of nitrogens with two attached hydrogens (primary N) is 1. The Balaban J connectivity index is 2.88. The van der Waals surface area contributed by atoms with Crippen LogP contribution in [0.3, 0.4) is 0 Å². The van der Waals surface area contributed by atoms with Crippen molar-refractivity contribution in [1.82, 2.24) is 5.48 Å². The Morgan fingerprint density at radius 3 is 2.71 bits per heavy atom. The maximum Gasteiger partial charge on any atom is 0.191 e. The van der Waals surface area contributed by atoms with Crippen LogP contribution < -0.4 is 21.1 Å². The molecule has 0 unspecified atom stereocenters. The first-order valence-electron chi connectivity index (χ1n) is 4.65. The minimum absolute atomic E-state index is 0.527. The van der Waals surface area contributed by atoms with Crippen LogP contribution in [-0.2, 0) is 6.42 Å². The summed E-state index contributed by atoms with van der Waals surface area (Å²) in [7, 11) is 1.69. The second-order valence-electron chi connectivity index (χ2n) is 2.96. The first kappa shape index (κ1) is 10.8. The van der Waals surface area contributed by atoms with E-state index < -0.39 is 0 Å². The van der Waals surface area contributed by atoms with E-state index in [2.05, 4.69) is 17.2 Å². The van der Waals surface area contributed by atoms with Crippen LogP contribution in [0.25, 0.3) is 0 Å². The highest BCUT2D eigenvalue weighted by Crippen LogP contribution is 2.27. The topological polar surface area (TPSA) is 56.5 Å². The highest BCUT2D eigenvalue weighted by atomic mass is 16.7. The molecule has 0 amide bonds. The molecule has 0 aliphatic heterocycles. The lowest BCUT2D eigenvalue weighted by molar-refractivity contribution is 0.206. The van der Waals surface area contributed by atoms with Crippen molar-refractivity contribution in [3.8, 4) is 11.5 Å². The lowest BCUT2D eigenvalue weighted by Crippen LogP contribution is -2.13. The van der Waals surface area contributed by atoms with Gasteiger partial charge in [-0.3, -0.25) is 0 Å². The Kier molecular flexibility index (Phi) is 4.22. The number of hydrogen-bond acceptors (Lipinski definition) is 4. The van der Waals surface area contributed by atoms with E-state index in [1.165, 1.54) is 5.56 Å². The van der Waals surface area contributed by atoms with Gasteiger partial charge in [-0.15, -0.1) is 0 Å². The van der Waals surface area contributed by atoms with Crippen LogP contribution in [0, 0.1) is 0 Å². The monoisotopic (exact) mass is 196 g/mol. The Hall–Kier alpha value is -1.26. The quantitative estimate of drug-likeness (QED) is 0.699. The van der Waals surface area contributed by atoms with Crippen molar-refractivity contribution in [2.75, 3.05) is 7.05 Å². The van der Waals surface area contributed by atoms with E-state index in [9.17, 15) is 0 Å². The van der Waals surface area contributed by atoms with Crippen LogP contribution in [0.2, 0.25) is 0 Å². The summed E-state index contributed by atoms with van der Waals surface area (Å²) in [5, 5.41) is 0. The molecule has 0 saturated carbocycles. The van der Waals surface area contributed by atoms with E-state index in [0.29, 0.717) is 11.5 Å². The van der Waals surface area contributed by atoms with Crippen molar-refractivity contribution in [2.24, 2.45) is 5.90 Å². The molecule has 0 aliphatic rings. The third-order valence-electron chi connectivity index (χ3n) is 1.89. The molecule has 0 fully saturated rings. The summed E-state index contributed by atoms with van der Waals surface area (Å²) in [6.07, 6.45) is 2.12. The fourth-order valence-corrected chi connectivity index (χ4v) is 1.28. The van der Waals surface area contributed by atoms with Gasteiger partial charge in [-0.2, -0.15) is 11.4 Å². The summed E-state index contributed by atoms with van der Waals surface area (Å²) in [5.74, 6) is 6.24. The largest absolute Gasteiger partial charge is 0.407 e. The minimum Gasteiger partial charge on any atom is -0.407 e. The van der Waals surface area contributed by atoms with Crippen LogP contribution in [-0.4, -0.2) is 7.05 Å². The fourth-order valence-electron chi connectivity index (χ4n) is 1.28. The van der Waals surface area contributed by atoms with Crippen molar-refractivity contribution < 1.29 is 9.68 Å². The molecule has 0 spiro atoms. The summed E-state index contributed by atoms with van der Waals surface area (Å²) < 4.78 is 0. The molecular formula is C10H16N2O2. The van der Waals surface area contributed by atoms with Gasteiger partial charge in [0.25, 0.3) is 0 Å². The highest BCUT2D eigenvalue weighted by Gasteiger charge is 2.05. The summed E-state index contributed by atoms with van der Waals surface area (Å²) in [5.41, 5.74) is 3.80. The molecule has 3 N–H and O–H groups in total. The molecule has 0 heterocycles. The molecule has 78 valence electrons. The average molecular weight is 196 g/mol. The van der Waals surface area contributed by atoms with Gasteiger partial charge in [-0.25, -0.2) is 0 Å². The normalized spacial score (nSPS) is 9.93. The molecule has 4 nitrogen and oxygen atoms in total. The zero-order valence-corrected chi connectivity index (χ0v) is 8.54. The maximum atomic E-state index is 5.16. The van der Waals surface area contributed by atoms with Crippen molar-refractivity contribution in [1.29, 1.82) is 0 Å². The van der Waals surface area contributed by atoms with Crippen molar-refractivity contribution in [3.05, 3.63) is 23.8 Å². The maximum absolute atomic E-state index is 5.16. The number of rotatable bonds is 5. The van der Waals surface area contributed by atoms with E-state index in [-0.39, 0.29) is 0 Å². The number of hydrogen-bond donors (Lipinski definition) is 2. The van der Waals surface area contributed by atoms with Gasteiger partial charge in [0.05, 0.1) is 0 Å². The number of hydroxylamine groups is 1. The van der Waals surface area contributed by atoms with Crippen molar-refractivity contribution in [2.45, 2.75) is 19.8 Å². The molecule has 0 atom stereocenters. The fraction of sp³-hybridized carbons (Fsp3) is 0.400. The standard InChI is InChI=1S/C10H16N2O2/c1-3-4-8-5-6-9(13-11)10(7-8)14-12-2/h5-7,12H,3-4,11H2,1-2H3. The first-order valence-corrected chi connectivity index (χ1v) is 4.65. The molecule has 1 aromatic carbocycles. The van der Waals surface area contributed by atoms with Crippen LogP contribution in [0.15, 0.2) is 18.2 Å². The predicted octanol–water partition coefficient (Wildman–Crippen LogP) is 1.40. The predicted molar refractivity (Wildman–Crippen MR) is 54.9 cm³/mol. The molecule has 0 saturated heterocycles. The Bertz CT molecular complexity index is 289. The summed E-state index contributed by atoms with van der Waals surface area (Å²) in [6, 6.07) is 5.70. The van der Waals surface area contributed by atoms with Crippen molar-refractivity contribution in [3.63, 3.8) is 0 Å². The molecule has 1 aromatic rings. The lowest BCUT2D eigenvalue weighted by atomic mass is 10.1. The molecule has 1 rings (SSSR count). The second-order valence-corrected chi connectivity index (χ2v) is 2.96. The van der Waals surface area contributed by atoms with E-state index in [1.54, 1.807) is 13.1 Å². The van der Waals surface area contributed by atoms with Gasteiger partial charge in [-0.1, -0.05) is 19.4 Å².